The van der Waals surface area contributed by atoms with Crippen molar-refractivity contribution in [2.75, 3.05) is 5.01 Å². The number of anilines is 1. The van der Waals surface area contributed by atoms with Gasteiger partial charge in [0.15, 0.2) is 5.41 Å². The van der Waals surface area contributed by atoms with Crippen molar-refractivity contribution in [2.45, 2.75) is 19.9 Å². The van der Waals surface area contributed by atoms with Crippen LogP contribution in [0.15, 0.2) is 35.4 Å². The van der Waals surface area contributed by atoms with Gasteiger partial charge in [-0.3, -0.25) is 14.9 Å². The summed E-state index contributed by atoms with van der Waals surface area (Å²) in [5.41, 5.74) is 0.153. The van der Waals surface area contributed by atoms with E-state index in [0.717, 1.165) is 0 Å². The first-order valence-corrected chi connectivity index (χ1v) is 6.10. The number of rotatable bonds is 2. The van der Waals surface area contributed by atoms with E-state index in [2.05, 4.69) is 5.10 Å². The number of benzene rings is 1. The summed E-state index contributed by atoms with van der Waals surface area (Å²) in [6, 6.07) is 8.14. The normalized spacial score (nSPS) is 32.6. The largest absolute Gasteiger partial charge is 0.271 e. The smallest absolute Gasteiger partial charge is 0.266 e. The van der Waals surface area contributed by atoms with Crippen LogP contribution < -0.4 is 5.01 Å². The van der Waals surface area contributed by atoms with Crippen molar-refractivity contribution in [3.05, 3.63) is 40.4 Å². The number of hydrogen-bond acceptors (Lipinski definition) is 4. The zero-order chi connectivity index (χ0) is 13.8. The van der Waals surface area contributed by atoms with Crippen molar-refractivity contribution >= 4 is 17.3 Å². The molecule has 2 aliphatic rings. The van der Waals surface area contributed by atoms with Gasteiger partial charge in [-0.25, -0.2) is 0 Å². The van der Waals surface area contributed by atoms with Crippen LogP contribution in [0.25, 0.3) is 0 Å². The molecule has 1 aliphatic carbocycles. The first kappa shape index (κ1) is 11.8. The van der Waals surface area contributed by atoms with E-state index in [9.17, 15) is 14.9 Å². The summed E-state index contributed by atoms with van der Waals surface area (Å²) in [5, 5.41) is 16.6. The molecular formula is C13H13N3O3. The van der Waals surface area contributed by atoms with Gasteiger partial charge in [0.25, 0.3) is 5.91 Å². The molecule has 0 bridgehead atoms. The summed E-state index contributed by atoms with van der Waals surface area (Å²) in [5.74, 6) is -0.585. The molecule has 98 valence electrons. The quantitative estimate of drug-likeness (QED) is 0.599. The van der Waals surface area contributed by atoms with Crippen LogP contribution in [0.3, 0.4) is 0 Å². The van der Waals surface area contributed by atoms with Gasteiger partial charge in [-0.2, -0.15) is 10.1 Å². The van der Waals surface area contributed by atoms with E-state index in [1.807, 2.05) is 6.07 Å². The molecule has 3 rings (SSSR count). The Kier molecular flexibility index (Phi) is 2.26. The highest BCUT2D eigenvalue weighted by Gasteiger charge is 2.80. The van der Waals surface area contributed by atoms with Crippen molar-refractivity contribution < 1.29 is 9.72 Å². The van der Waals surface area contributed by atoms with E-state index in [1.165, 1.54) is 5.01 Å². The van der Waals surface area contributed by atoms with Crippen LogP contribution in [0, 0.1) is 21.4 Å². The van der Waals surface area contributed by atoms with Gasteiger partial charge in [-0.15, -0.1) is 0 Å². The lowest BCUT2D eigenvalue weighted by molar-refractivity contribution is -0.501. The van der Waals surface area contributed by atoms with Crippen LogP contribution in [0.4, 0.5) is 5.69 Å². The molecule has 0 aromatic heterocycles. The standard InChI is InChI=1S/C13H13N3O3/c1-8-11(16(18)19)13(8)9(2)14-15(12(13)17)10-6-4-3-5-7-10/h3-8,11H,1-2H3/t8-,11+,13-/m0/s1. The van der Waals surface area contributed by atoms with Crippen molar-refractivity contribution in [1.82, 2.24) is 0 Å². The fourth-order valence-electron chi connectivity index (χ4n) is 3.10. The highest BCUT2D eigenvalue weighted by molar-refractivity contribution is 6.21. The number of nitro groups is 1. The summed E-state index contributed by atoms with van der Waals surface area (Å²) >= 11 is 0. The molecule has 1 fully saturated rings. The second kappa shape index (κ2) is 3.63. The third-order valence-electron chi connectivity index (χ3n) is 4.17. The third-order valence-corrected chi connectivity index (χ3v) is 4.17. The van der Waals surface area contributed by atoms with Crippen molar-refractivity contribution in [1.29, 1.82) is 0 Å². The first-order valence-electron chi connectivity index (χ1n) is 6.10. The number of hydrazone groups is 1. The van der Waals surface area contributed by atoms with E-state index in [-0.39, 0.29) is 16.7 Å². The fraction of sp³-hybridized carbons (Fsp3) is 0.385. The van der Waals surface area contributed by atoms with Gasteiger partial charge < -0.3 is 0 Å². The Labute approximate surface area is 109 Å². The molecule has 1 spiro atoms. The molecule has 1 aliphatic heterocycles. The average molecular weight is 259 g/mol. The molecule has 1 aromatic rings. The lowest BCUT2D eigenvalue weighted by Crippen LogP contribution is -2.33. The van der Waals surface area contributed by atoms with Gasteiger partial charge in [-0.05, 0) is 19.1 Å². The summed E-state index contributed by atoms with van der Waals surface area (Å²) in [4.78, 5) is 23.2. The summed E-state index contributed by atoms with van der Waals surface area (Å²) in [6.45, 7) is 3.43. The maximum absolute atomic E-state index is 12.5. The molecule has 0 radical (unpaired) electrons. The number of hydrogen-bond donors (Lipinski definition) is 0. The molecule has 6 heteroatoms. The molecule has 0 saturated heterocycles. The van der Waals surface area contributed by atoms with Gasteiger partial charge in [0, 0.05) is 4.92 Å². The predicted molar refractivity (Wildman–Crippen MR) is 69.4 cm³/mol. The molecule has 6 nitrogen and oxygen atoms in total. The highest BCUT2D eigenvalue weighted by atomic mass is 16.6. The topological polar surface area (TPSA) is 75.8 Å². The third kappa shape index (κ3) is 1.31. The summed E-state index contributed by atoms with van der Waals surface area (Å²) < 4.78 is 0. The zero-order valence-corrected chi connectivity index (χ0v) is 10.6. The molecule has 1 amide bonds. The Bertz CT molecular complexity index is 598. The second-order valence-corrected chi connectivity index (χ2v) is 5.03. The van der Waals surface area contributed by atoms with Crippen molar-refractivity contribution in [2.24, 2.45) is 16.4 Å². The zero-order valence-electron chi connectivity index (χ0n) is 10.6. The van der Waals surface area contributed by atoms with Crippen molar-refractivity contribution in [3.63, 3.8) is 0 Å². The SMILES string of the molecule is CC1=NN(c2ccccc2)C(=O)[C@@]12[C@@H](C)[C@H]2[N+](=O)[O-]. The van der Waals surface area contributed by atoms with Gasteiger partial charge in [0.1, 0.15) is 0 Å². The van der Waals surface area contributed by atoms with E-state index in [1.54, 1.807) is 38.1 Å². The maximum Gasteiger partial charge on any atom is 0.266 e. The van der Waals surface area contributed by atoms with Gasteiger partial charge in [-0.1, -0.05) is 25.1 Å². The number of carbonyl (C=O) groups is 1. The van der Waals surface area contributed by atoms with Gasteiger partial charge >= 0.3 is 0 Å². The minimum Gasteiger partial charge on any atom is -0.271 e. The number of carbonyl (C=O) groups excluding carboxylic acids is 1. The maximum atomic E-state index is 12.5. The van der Waals surface area contributed by atoms with Crippen molar-refractivity contribution in [3.8, 4) is 0 Å². The first-order chi connectivity index (χ1) is 9.01. The average Bonchev–Trinajstić information content (AvgIpc) is 2.95. The molecule has 0 unspecified atom stereocenters. The summed E-state index contributed by atoms with van der Waals surface area (Å²) in [6.07, 6.45) is 0. The molecule has 3 atom stereocenters. The van der Waals surface area contributed by atoms with Gasteiger partial charge in [0.2, 0.25) is 6.04 Å². The summed E-state index contributed by atoms with van der Waals surface area (Å²) in [7, 11) is 0. The molecule has 0 N–H and O–H groups in total. The van der Waals surface area contributed by atoms with E-state index < -0.39 is 11.5 Å². The Balaban J connectivity index is 2.00. The number of para-hydroxylation sites is 1. The Hall–Kier alpha value is -2.24. The molecule has 19 heavy (non-hydrogen) atoms. The second-order valence-electron chi connectivity index (χ2n) is 5.03. The molecular weight excluding hydrogens is 246 g/mol. The Morgan fingerprint density at radius 3 is 2.53 bits per heavy atom. The Morgan fingerprint density at radius 2 is 2.00 bits per heavy atom. The minimum absolute atomic E-state index is 0.287. The van der Waals surface area contributed by atoms with E-state index >= 15 is 0 Å². The van der Waals surface area contributed by atoms with Gasteiger partial charge in [0.05, 0.1) is 17.3 Å². The molecule has 1 heterocycles. The fourth-order valence-corrected chi connectivity index (χ4v) is 3.10. The minimum atomic E-state index is -1.03. The van der Waals surface area contributed by atoms with Crippen LogP contribution in [-0.2, 0) is 4.79 Å². The molecule has 1 saturated carbocycles. The predicted octanol–water partition coefficient (Wildman–Crippen LogP) is 1.69. The van der Waals surface area contributed by atoms with Crippen LogP contribution in [0.1, 0.15) is 13.8 Å². The van der Waals surface area contributed by atoms with Crippen LogP contribution in [-0.4, -0.2) is 22.6 Å². The van der Waals surface area contributed by atoms with E-state index in [0.29, 0.717) is 11.4 Å². The van der Waals surface area contributed by atoms with Crippen LogP contribution in [0.2, 0.25) is 0 Å². The van der Waals surface area contributed by atoms with Crippen LogP contribution in [0.5, 0.6) is 0 Å². The number of amides is 1. The van der Waals surface area contributed by atoms with Crippen LogP contribution >= 0.6 is 0 Å². The highest BCUT2D eigenvalue weighted by Crippen LogP contribution is 2.59. The number of nitrogens with zero attached hydrogens (tertiary/aromatic N) is 3. The lowest BCUT2D eigenvalue weighted by Gasteiger charge is -2.13. The lowest BCUT2D eigenvalue weighted by atomic mass is 9.98. The molecule has 1 aromatic carbocycles. The Morgan fingerprint density at radius 1 is 1.37 bits per heavy atom. The van der Waals surface area contributed by atoms with E-state index in [4.69, 9.17) is 0 Å². The monoisotopic (exact) mass is 259 g/mol.